The summed E-state index contributed by atoms with van der Waals surface area (Å²) in [5, 5.41) is 0. The second-order valence-corrected chi connectivity index (χ2v) is 0. The maximum absolute atomic E-state index is 0. The molecule has 0 aliphatic carbocycles. The molecule has 0 amide bonds. The first-order valence-corrected chi connectivity index (χ1v) is 0. The number of halogens is 2. The van der Waals surface area contributed by atoms with Gasteiger partial charge in [-0.3, -0.25) is 0 Å². The van der Waals surface area contributed by atoms with Crippen molar-refractivity contribution in [3.05, 3.63) is 0 Å². The Morgan fingerprint density at radius 3 is 0.800 bits per heavy atom. The molecule has 0 fully saturated rings. The summed E-state index contributed by atoms with van der Waals surface area (Å²) in [7, 11) is 0. The molecule has 0 rings (SSSR count). The molecule has 0 saturated heterocycles. The van der Waals surface area contributed by atoms with Gasteiger partial charge in [-0.15, -0.1) is 24.8 Å². The van der Waals surface area contributed by atoms with Gasteiger partial charge in [0.25, 0.3) is 0 Å². The molecule has 0 aliphatic heterocycles. The van der Waals surface area contributed by atoms with Crippen molar-refractivity contribution >= 4 is 24.8 Å². The average molecular weight is 227 g/mol. The van der Waals surface area contributed by atoms with E-state index in [0.29, 0.717) is 0 Å². The third-order valence-electron chi connectivity index (χ3n) is 0. The predicted octanol–water partition coefficient (Wildman–Crippen LogP) is -4.93. The molecule has 0 aromatic carbocycles. The summed E-state index contributed by atoms with van der Waals surface area (Å²) in [5.74, 6) is 0. The molecule has 0 aliphatic rings. The largest absolute Gasteiger partial charge is 1.00 e. The van der Waals surface area contributed by atoms with Crippen molar-refractivity contribution in [1.82, 2.24) is 0 Å². The van der Waals surface area contributed by atoms with E-state index in [2.05, 4.69) is 0 Å². The van der Waals surface area contributed by atoms with E-state index in [4.69, 9.17) is 0 Å². The molecule has 0 unspecified atom stereocenters. The van der Waals surface area contributed by atoms with E-state index in [0.717, 1.165) is 0 Å². The molecule has 0 aromatic rings. The van der Waals surface area contributed by atoms with E-state index in [1.165, 1.54) is 0 Å². The normalized spacial score (nSPS) is 0. The van der Waals surface area contributed by atoms with Crippen molar-refractivity contribution in [3.63, 3.8) is 0 Å². The Morgan fingerprint density at radius 1 is 0.800 bits per heavy atom. The zero-order valence-corrected chi connectivity index (χ0v) is 10.3. The summed E-state index contributed by atoms with van der Waals surface area (Å²) in [5.41, 5.74) is 0. The van der Waals surface area contributed by atoms with Gasteiger partial charge in [0.2, 0.25) is 0 Å². The topological polar surface area (TPSA) is 0 Å². The average Bonchev–Trinajstić information content (AvgIpc) is 0. The maximum Gasteiger partial charge on any atom is 1.00 e. The van der Waals surface area contributed by atoms with Gasteiger partial charge in [-0.05, 0) is 0 Å². The first kappa shape index (κ1) is 41.1. The molecule has 0 spiro atoms. The van der Waals surface area contributed by atoms with E-state index in [1.807, 2.05) is 0 Å². The van der Waals surface area contributed by atoms with Gasteiger partial charge in [0.15, 0.2) is 0 Å². The smallest absolute Gasteiger partial charge is 1.00 e. The third kappa shape index (κ3) is 18.9. The van der Waals surface area contributed by atoms with Crippen LogP contribution in [0.15, 0.2) is 0 Å². The van der Waals surface area contributed by atoms with Crippen LogP contribution in [0.5, 0.6) is 0 Å². The fraction of sp³-hybridized carbons (Fsp3) is 0. The summed E-state index contributed by atoms with van der Waals surface area (Å²) < 4.78 is 0. The van der Waals surface area contributed by atoms with E-state index in [1.54, 1.807) is 0 Å². The number of hydrogen-bond donors (Lipinski definition) is 0. The second-order valence-electron chi connectivity index (χ2n) is 0. The van der Waals surface area contributed by atoms with Crippen LogP contribution in [-0.4, -0.2) is 0 Å². The first-order valence-electron chi connectivity index (χ1n) is 0. The van der Waals surface area contributed by atoms with Gasteiger partial charge in [-0.2, -0.15) is 0 Å². The Labute approximate surface area is 105 Å². The van der Waals surface area contributed by atoms with Crippen LogP contribution in [0.4, 0.5) is 0 Å². The van der Waals surface area contributed by atoms with Gasteiger partial charge in [0.1, 0.15) is 0 Å². The summed E-state index contributed by atoms with van der Waals surface area (Å²) in [6, 6.07) is 0. The molecule has 5 heavy (non-hydrogen) atoms. The minimum atomic E-state index is 0. The van der Waals surface area contributed by atoms with Gasteiger partial charge in [-0.25, -0.2) is 0 Å². The van der Waals surface area contributed by atoms with Crippen LogP contribution in [-0.2, 0) is 20.4 Å². The molecule has 0 bridgehead atoms. The summed E-state index contributed by atoms with van der Waals surface area (Å²) in [6.07, 6.45) is 0. The van der Waals surface area contributed by atoms with Crippen LogP contribution >= 0.6 is 24.8 Å². The number of rotatable bonds is 0. The van der Waals surface area contributed by atoms with Crippen molar-refractivity contribution in [2.75, 3.05) is 0 Å². The Hall–Kier alpha value is 3.24. The van der Waals surface area contributed by atoms with Gasteiger partial charge < -0.3 is 2.85 Å². The van der Waals surface area contributed by atoms with Gasteiger partial charge in [0.05, 0.1) is 0 Å². The molecule has 0 heterocycles. The van der Waals surface area contributed by atoms with Gasteiger partial charge in [-0.1, -0.05) is 0 Å². The summed E-state index contributed by atoms with van der Waals surface area (Å²) in [4.78, 5) is 0. The molecular formula is H4Cl2Na2Pd. The Kier molecular flexibility index (Phi) is 221. The minimum absolute atomic E-state index is 0. The van der Waals surface area contributed by atoms with Crippen LogP contribution in [0.2, 0.25) is 0 Å². The molecule has 0 atom stereocenters. The summed E-state index contributed by atoms with van der Waals surface area (Å²) in [6.45, 7) is 0. The predicted molar refractivity (Wildman–Crippen MR) is 16.7 cm³/mol. The van der Waals surface area contributed by atoms with Gasteiger partial charge >= 0.3 is 59.1 Å². The first-order chi connectivity index (χ1) is 0. The standard InChI is InChI=1S/2ClH.2Na.Pd.2H/h2*1H;;;;;/q;;2*+1;;2*-1. The molecule has 0 nitrogen and oxygen atoms in total. The van der Waals surface area contributed by atoms with Crippen molar-refractivity contribution in [2.45, 2.75) is 0 Å². The zero-order valence-electron chi connectivity index (χ0n) is 5.13. The van der Waals surface area contributed by atoms with E-state index < -0.39 is 0 Å². The van der Waals surface area contributed by atoms with Crippen molar-refractivity contribution in [2.24, 2.45) is 0 Å². The van der Waals surface area contributed by atoms with Crippen LogP contribution in [0.25, 0.3) is 0 Å². The van der Waals surface area contributed by atoms with Crippen LogP contribution in [0.1, 0.15) is 2.85 Å². The van der Waals surface area contributed by atoms with Crippen LogP contribution in [0, 0.1) is 0 Å². The fourth-order valence-corrected chi connectivity index (χ4v) is 0. The van der Waals surface area contributed by atoms with Gasteiger partial charge in [0, 0.05) is 20.4 Å². The number of hydrogen-bond acceptors (Lipinski definition) is 0. The van der Waals surface area contributed by atoms with Crippen LogP contribution in [0.3, 0.4) is 0 Å². The summed E-state index contributed by atoms with van der Waals surface area (Å²) >= 11 is 0. The molecule has 0 radical (unpaired) electrons. The van der Waals surface area contributed by atoms with E-state index in [9.17, 15) is 0 Å². The second kappa shape index (κ2) is 26.8. The minimum Gasteiger partial charge on any atom is -1.00 e. The SMILES string of the molecule is Cl.Cl.[H-].[H-].[Na+].[Na+].[Pd]. The third-order valence-corrected chi connectivity index (χ3v) is 0. The molecular weight excluding hydrogens is 223 g/mol. The maximum atomic E-state index is 0. The molecule has 5 heteroatoms. The molecule has 0 N–H and O–H groups in total. The Balaban J connectivity index is 0. The molecule has 0 aromatic heterocycles. The Morgan fingerprint density at radius 2 is 0.800 bits per heavy atom. The monoisotopic (exact) mass is 226 g/mol. The Bertz CT molecular complexity index is 13.7. The van der Waals surface area contributed by atoms with E-state index in [-0.39, 0.29) is 107 Å². The quantitative estimate of drug-likeness (QED) is 0.364. The molecule has 0 saturated carbocycles. The fourth-order valence-electron chi connectivity index (χ4n) is 0. The zero-order chi connectivity index (χ0) is 0. The van der Waals surface area contributed by atoms with Crippen molar-refractivity contribution in [3.8, 4) is 0 Å². The van der Waals surface area contributed by atoms with E-state index >= 15 is 0 Å². The molecule has 30 valence electrons. The van der Waals surface area contributed by atoms with Crippen molar-refractivity contribution in [1.29, 1.82) is 0 Å². The van der Waals surface area contributed by atoms with Crippen LogP contribution < -0.4 is 59.1 Å². The van der Waals surface area contributed by atoms with Crippen molar-refractivity contribution < 1.29 is 82.4 Å².